The molecule has 1 aliphatic carbocycles. The number of hydrogen-bond donors (Lipinski definition) is 1. The molecular formula is C21H25N3O2. The van der Waals surface area contributed by atoms with Crippen LogP contribution in [0.15, 0.2) is 54.6 Å². The fraction of sp³-hybridized carbons (Fsp3) is 0.429. The molecule has 1 amide bonds. The molecule has 1 saturated heterocycles. The first-order valence-electron chi connectivity index (χ1n) is 9.25. The number of carbonyl (C=O) groups is 1. The summed E-state index contributed by atoms with van der Waals surface area (Å²) in [5.74, 6) is 0.106. The SMILES string of the molecule is C/C=C(\C)C(=O)N1CCC2(CC1)c1ccccc1[C@@H](n1ccnc1)[C@@H]2O. The topological polar surface area (TPSA) is 58.4 Å². The van der Waals surface area contributed by atoms with E-state index in [-0.39, 0.29) is 17.4 Å². The molecular weight excluding hydrogens is 326 g/mol. The molecule has 1 N–H and O–H groups in total. The van der Waals surface area contributed by atoms with Crippen LogP contribution in [0.1, 0.15) is 43.9 Å². The van der Waals surface area contributed by atoms with Crippen LogP contribution >= 0.6 is 0 Å². The summed E-state index contributed by atoms with van der Waals surface area (Å²) in [6.07, 6.45) is 8.34. The van der Waals surface area contributed by atoms with Gasteiger partial charge in [-0.25, -0.2) is 4.98 Å². The second kappa shape index (κ2) is 6.40. The normalized spacial score (nSPS) is 24.7. The summed E-state index contributed by atoms with van der Waals surface area (Å²) in [4.78, 5) is 18.6. The highest BCUT2D eigenvalue weighted by molar-refractivity contribution is 5.92. The molecule has 0 unspecified atom stereocenters. The molecule has 5 nitrogen and oxygen atoms in total. The second-order valence-corrected chi connectivity index (χ2v) is 7.41. The van der Waals surface area contributed by atoms with Gasteiger partial charge in [0.15, 0.2) is 0 Å². The van der Waals surface area contributed by atoms with Crippen LogP contribution < -0.4 is 0 Å². The summed E-state index contributed by atoms with van der Waals surface area (Å²) >= 11 is 0. The van der Waals surface area contributed by atoms with Crippen molar-refractivity contribution in [3.05, 3.63) is 65.8 Å². The zero-order valence-electron chi connectivity index (χ0n) is 15.3. The first-order valence-corrected chi connectivity index (χ1v) is 9.25. The Morgan fingerprint density at radius 2 is 2.04 bits per heavy atom. The molecule has 5 heteroatoms. The number of allylic oxidation sites excluding steroid dienone is 1. The predicted molar refractivity (Wildman–Crippen MR) is 99.7 cm³/mol. The Bertz CT molecular complexity index is 833. The van der Waals surface area contributed by atoms with Crippen LogP contribution in [-0.2, 0) is 10.2 Å². The zero-order valence-corrected chi connectivity index (χ0v) is 15.3. The lowest BCUT2D eigenvalue weighted by molar-refractivity contribution is -0.129. The quantitative estimate of drug-likeness (QED) is 0.847. The van der Waals surface area contributed by atoms with Crippen LogP contribution in [-0.4, -0.2) is 44.7 Å². The number of nitrogens with zero attached hydrogens (tertiary/aromatic N) is 3. The number of aliphatic hydroxyl groups is 1. The van der Waals surface area contributed by atoms with Crippen LogP contribution in [0.2, 0.25) is 0 Å². The van der Waals surface area contributed by atoms with E-state index in [0.717, 1.165) is 18.4 Å². The summed E-state index contributed by atoms with van der Waals surface area (Å²) < 4.78 is 2.00. The van der Waals surface area contributed by atoms with Crippen LogP contribution in [0.25, 0.3) is 0 Å². The van der Waals surface area contributed by atoms with Gasteiger partial charge in [-0.15, -0.1) is 0 Å². The Morgan fingerprint density at radius 3 is 2.69 bits per heavy atom. The van der Waals surface area contributed by atoms with Crippen LogP contribution in [0.3, 0.4) is 0 Å². The highest BCUT2D eigenvalue weighted by Crippen LogP contribution is 2.52. The fourth-order valence-corrected chi connectivity index (χ4v) is 4.64. The van der Waals surface area contributed by atoms with Crippen LogP contribution in [0.5, 0.6) is 0 Å². The van der Waals surface area contributed by atoms with Crippen molar-refractivity contribution >= 4 is 5.91 Å². The number of likely N-dealkylation sites (tertiary alicyclic amines) is 1. The summed E-state index contributed by atoms with van der Waals surface area (Å²) in [7, 11) is 0. The van der Waals surface area contributed by atoms with Crippen molar-refractivity contribution in [2.75, 3.05) is 13.1 Å². The molecule has 26 heavy (non-hydrogen) atoms. The Morgan fingerprint density at radius 1 is 1.31 bits per heavy atom. The maximum Gasteiger partial charge on any atom is 0.249 e. The lowest BCUT2D eigenvalue weighted by Crippen LogP contribution is -2.50. The van der Waals surface area contributed by atoms with Crippen molar-refractivity contribution in [3.63, 3.8) is 0 Å². The van der Waals surface area contributed by atoms with Crippen LogP contribution in [0, 0.1) is 0 Å². The number of piperidine rings is 1. The molecule has 2 atom stereocenters. The number of hydrogen-bond acceptors (Lipinski definition) is 3. The van der Waals surface area contributed by atoms with Gasteiger partial charge < -0.3 is 14.6 Å². The lowest BCUT2D eigenvalue weighted by atomic mass is 9.72. The van der Waals surface area contributed by atoms with Gasteiger partial charge in [0, 0.05) is 36.5 Å². The summed E-state index contributed by atoms with van der Waals surface area (Å²) in [6, 6.07) is 8.21. The molecule has 4 rings (SSSR count). The van der Waals surface area contributed by atoms with Crippen molar-refractivity contribution in [2.24, 2.45) is 0 Å². The Kier molecular flexibility index (Phi) is 4.19. The number of aromatic nitrogens is 2. The highest BCUT2D eigenvalue weighted by atomic mass is 16.3. The number of carbonyl (C=O) groups excluding carboxylic acids is 1. The molecule has 1 aromatic heterocycles. The molecule has 2 aliphatic rings. The number of fused-ring (bicyclic) bond motifs is 2. The number of aliphatic hydroxyl groups excluding tert-OH is 1. The van der Waals surface area contributed by atoms with E-state index < -0.39 is 6.10 Å². The van der Waals surface area contributed by atoms with E-state index in [1.807, 2.05) is 47.7 Å². The van der Waals surface area contributed by atoms with Gasteiger partial charge in [-0.3, -0.25) is 4.79 Å². The fourth-order valence-electron chi connectivity index (χ4n) is 4.64. The van der Waals surface area contributed by atoms with Crippen LogP contribution in [0.4, 0.5) is 0 Å². The van der Waals surface area contributed by atoms with Gasteiger partial charge in [-0.1, -0.05) is 30.3 Å². The molecule has 0 bridgehead atoms. The minimum Gasteiger partial charge on any atom is -0.390 e. The maximum absolute atomic E-state index is 12.5. The van der Waals surface area contributed by atoms with Gasteiger partial charge >= 0.3 is 0 Å². The average Bonchev–Trinajstić information content (AvgIpc) is 3.28. The standard InChI is InChI=1S/C21H25N3O2/c1-3-15(2)20(26)23-11-8-21(9-12-23)17-7-5-4-6-16(17)18(19(21)25)24-13-10-22-14-24/h3-7,10,13-14,18-19,25H,8-9,11-12H2,1-2H3/b15-3+/t18-,19+/m1/s1. The van der Waals surface area contributed by atoms with E-state index >= 15 is 0 Å². The molecule has 2 aromatic rings. The predicted octanol–water partition coefficient (Wildman–Crippen LogP) is 2.67. The first kappa shape index (κ1) is 17.0. The van der Waals surface area contributed by atoms with Gasteiger partial charge in [0.05, 0.1) is 18.5 Å². The minimum absolute atomic E-state index is 0.106. The number of amides is 1. The minimum atomic E-state index is -0.519. The van der Waals surface area contributed by atoms with Gasteiger partial charge in [0.25, 0.3) is 0 Å². The smallest absolute Gasteiger partial charge is 0.249 e. The van der Waals surface area contributed by atoms with E-state index in [1.54, 1.807) is 12.5 Å². The van der Waals surface area contributed by atoms with Crippen molar-refractivity contribution < 1.29 is 9.90 Å². The third-order valence-corrected chi connectivity index (χ3v) is 6.24. The third-order valence-electron chi connectivity index (χ3n) is 6.24. The third kappa shape index (κ3) is 2.42. The second-order valence-electron chi connectivity index (χ2n) is 7.41. The Labute approximate surface area is 154 Å². The lowest BCUT2D eigenvalue weighted by Gasteiger charge is -2.43. The molecule has 0 radical (unpaired) electrons. The van der Waals surface area contributed by atoms with E-state index in [1.165, 1.54) is 11.1 Å². The molecule has 1 aliphatic heterocycles. The van der Waals surface area contributed by atoms with Gasteiger partial charge in [0.2, 0.25) is 5.91 Å². The Balaban J connectivity index is 1.66. The number of rotatable bonds is 2. The van der Waals surface area contributed by atoms with Crippen molar-refractivity contribution in [2.45, 2.75) is 44.2 Å². The van der Waals surface area contributed by atoms with Gasteiger partial charge in [-0.05, 0) is 37.8 Å². The summed E-state index contributed by atoms with van der Waals surface area (Å²) in [6.45, 7) is 5.10. The summed E-state index contributed by atoms with van der Waals surface area (Å²) in [5.41, 5.74) is 2.87. The highest BCUT2D eigenvalue weighted by Gasteiger charge is 2.53. The molecule has 0 saturated carbocycles. The molecule has 1 spiro atoms. The molecule has 1 fully saturated rings. The van der Waals surface area contributed by atoms with Crippen molar-refractivity contribution in [1.82, 2.24) is 14.5 Å². The molecule has 136 valence electrons. The number of imidazole rings is 1. The van der Waals surface area contributed by atoms with E-state index in [4.69, 9.17) is 0 Å². The number of benzene rings is 1. The monoisotopic (exact) mass is 351 g/mol. The van der Waals surface area contributed by atoms with E-state index in [0.29, 0.717) is 13.1 Å². The maximum atomic E-state index is 12.5. The van der Waals surface area contributed by atoms with E-state index in [9.17, 15) is 9.90 Å². The zero-order chi connectivity index (χ0) is 18.3. The van der Waals surface area contributed by atoms with Crippen molar-refractivity contribution in [3.8, 4) is 0 Å². The summed E-state index contributed by atoms with van der Waals surface area (Å²) in [5, 5.41) is 11.4. The average molecular weight is 351 g/mol. The molecule has 1 aromatic carbocycles. The Hall–Kier alpha value is -2.40. The van der Waals surface area contributed by atoms with Crippen molar-refractivity contribution in [1.29, 1.82) is 0 Å². The van der Waals surface area contributed by atoms with E-state index in [2.05, 4.69) is 17.1 Å². The van der Waals surface area contributed by atoms with Gasteiger partial charge in [-0.2, -0.15) is 0 Å². The first-order chi connectivity index (χ1) is 12.6. The molecule has 2 heterocycles. The largest absolute Gasteiger partial charge is 0.390 e. The van der Waals surface area contributed by atoms with Gasteiger partial charge in [0.1, 0.15) is 0 Å².